The Kier molecular flexibility index (Phi) is 4.14. The van der Waals surface area contributed by atoms with Crippen molar-refractivity contribution in [1.82, 2.24) is 14.9 Å². The van der Waals surface area contributed by atoms with Gasteiger partial charge in [0.2, 0.25) is 0 Å². The van der Waals surface area contributed by atoms with E-state index in [4.69, 9.17) is 5.73 Å². The lowest BCUT2D eigenvalue weighted by atomic mass is 9.92. The minimum absolute atomic E-state index is 0.419. The number of benzene rings is 1. The van der Waals surface area contributed by atoms with Gasteiger partial charge >= 0.3 is 0 Å². The van der Waals surface area contributed by atoms with Gasteiger partial charge in [0.25, 0.3) is 0 Å². The van der Waals surface area contributed by atoms with Gasteiger partial charge in [0, 0.05) is 36.7 Å². The predicted molar refractivity (Wildman–Crippen MR) is 80.6 cm³/mol. The minimum atomic E-state index is 0.419. The summed E-state index contributed by atoms with van der Waals surface area (Å²) in [6.07, 6.45) is 10.3. The molecule has 1 aliphatic rings. The number of nitrogens with one attached hydrogen (secondary N) is 1. The van der Waals surface area contributed by atoms with Crippen molar-refractivity contribution in [2.24, 2.45) is 5.73 Å². The van der Waals surface area contributed by atoms with Gasteiger partial charge < -0.3 is 15.6 Å². The zero-order chi connectivity index (χ0) is 13.8. The van der Waals surface area contributed by atoms with Crippen molar-refractivity contribution >= 4 is 0 Å². The number of rotatable bonds is 4. The molecule has 4 heteroatoms. The monoisotopic (exact) mass is 270 g/mol. The van der Waals surface area contributed by atoms with Crippen molar-refractivity contribution in [2.45, 2.75) is 44.3 Å². The molecule has 106 valence electrons. The summed E-state index contributed by atoms with van der Waals surface area (Å²) >= 11 is 0. The van der Waals surface area contributed by atoms with Crippen LogP contribution < -0.4 is 11.1 Å². The van der Waals surface area contributed by atoms with Gasteiger partial charge in [-0.1, -0.05) is 12.1 Å². The third-order valence-electron chi connectivity index (χ3n) is 4.11. The number of aromatic nitrogens is 2. The fraction of sp³-hybridized carbons (Fsp3) is 0.438. The Morgan fingerprint density at radius 2 is 1.90 bits per heavy atom. The maximum atomic E-state index is 5.93. The molecule has 4 nitrogen and oxygen atoms in total. The zero-order valence-corrected chi connectivity index (χ0v) is 11.7. The fourth-order valence-corrected chi connectivity index (χ4v) is 2.78. The second-order valence-electron chi connectivity index (χ2n) is 5.63. The van der Waals surface area contributed by atoms with Crippen LogP contribution in [-0.2, 0) is 6.54 Å². The molecule has 1 aromatic carbocycles. The van der Waals surface area contributed by atoms with E-state index < -0.39 is 0 Å². The van der Waals surface area contributed by atoms with Gasteiger partial charge in [-0.15, -0.1) is 0 Å². The van der Waals surface area contributed by atoms with Crippen LogP contribution in [0, 0.1) is 0 Å². The molecule has 3 N–H and O–H groups in total. The standard InChI is InChI=1S/C16H22N4/c17-14-3-5-15(6-4-14)19-11-13-1-7-16(8-2-13)20-10-9-18-12-20/h1-2,7-10,12,14-15,19H,3-6,11,17H2. The van der Waals surface area contributed by atoms with Gasteiger partial charge in [0.1, 0.15) is 0 Å². The number of hydrogen-bond acceptors (Lipinski definition) is 3. The predicted octanol–water partition coefficient (Wildman–Crippen LogP) is 2.23. The van der Waals surface area contributed by atoms with E-state index >= 15 is 0 Å². The van der Waals surface area contributed by atoms with E-state index in [1.807, 2.05) is 17.1 Å². The molecule has 0 unspecified atom stereocenters. The van der Waals surface area contributed by atoms with Crippen LogP contribution in [0.5, 0.6) is 0 Å². The molecule has 0 spiro atoms. The number of hydrogen-bond donors (Lipinski definition) is 2. The number of nitrogens with zero attached hydrogens (tertiary/aromatic N) is 2. The van der Waals surface area contributed by atoms with Crippen molar-refractivity contribution in [2.75, 3.05) is 0 Å². The molecule has 0 saturated heterocycles. The quantitative estimate of drug-likeness (QED) is 0.895. The average Bonchev–Trinajstić information content (AvgIpc) is 3.01. The second kappa shape index (κ2) is 6.20. The van der Waals surface area contributed by atoms with Crippen molar-refractivity contribution in [3.05, 3.63) is 48.5 Å². The topological polar surface area (TPSA) is 55.9 Å². The first-order valence-corrected chi connectivity index (χ1v) is 7.37. The van der Waals surface area contributed by atoms with E-state index in [1.54, 1.807) is 6.20 Å². The first-order chi connectivity index (χ1) is 9.81. The molecule has 1 heterocycles. The SMILES string of the molecule is NC1CCC(NCc2ccc(-n3ccnc3)cc2)CC1. The summed E-state index contributed by atoms with van der Waals surface area (Å²) in [5.74, 6) is 0. The maximum Gasteiger partial charge on any atom is 0.0991 e. The van der Waals surface area contributed by atoms with Crippen LogP contribution in [0.25, 0.3) is 5.69 Å². The minimum Gasteiger partial charge on any atom is -0.328 e. The summed E-state index contributed by atoms with van der Waals surface area (Å²) in [7, 11) is 0. The van der Waals surface area contributed by atoms with Crippen LogP contribution >= 0.6 is 0 Å². The number of imidazole rings is 1. The Morgan fingerprint density at radius 3 is 2.55 bits per heavy atom. The van der Waals surface area contributed by atoms with Crippen molar-refractivity contribution in [3.8, 4) is 5.69 Å². The molecule has 3 rings (SSSR count). The van der Waals surface area contributed by atoms with Crippen LogP contribution in [0.15, 0.2) is 43.0 Å². The van der Waals surface area contributed by atoms with Crippen molar-refractivity contribution in [1.29, 1.82) is 0 Å². The molecule has 1 fully saturated rings. The third-order valence-corrected chi connectivity index (χ3v) is 4.11. The zero-order valence-electron chi connectivity index (χ0n) is 11.7. The lowest BCUT2D eigenvalue weighted by Gasteiger charge is -2.27. The van der Waals surface area contributed by atoms with E-state index in [2.05, 4.69) is 34.6 Å². The Bertz CT molecular complexity index is 510. The normalized spacial score (nSPS) is 22.9. The highest BCUT2D eigenvalue weighted by atomic mass is 15.0. The average molecular weight is 270 g/mol. The Labute approximate surface area is 120 Å². The summed E-state index contributed by atoms with van der Waals surface area (Å²) in [4.78, 5) is 4.06. The van der Waals surface area contributed by atoms with E-state index in [9.17, 15) is 0 Å². The van der Waals surface area contributed by atoms with Gasteiger partial charge in [0.15, 0.2) is 0 Å². The highest BCUT2D eigenvalue weighted by Crippen LogP contribution is 2.17. The first kappa shape index (κ1) is 13.3. The van der Waals surface area contributed by atoms with E-state index in [0.717, 1.165) is 25.1 Å². The van der Waals surface area contributed by atoms with Crippen molar-refractivity contribution < 1.29 is 0 Å². The second-order valence-corrected chi connectivity index (χ2v) is 5.63. The van der Waals surface area contributed by atoms with Crippen LogP contribution in [0.1, 0.15) is 31.2 Å². The highest BCUT2D eigenvalue weighted by molar-refractivity contribution is 5.34. The molecule has 0 atom stereocenters. The smallest absolute Gasteiger partial charge is 0.0991 e. The summed E-state index contributed by atoms with van der Waals surface area (Å²) < 4.78 is 2.01. The summed E-state index contributed by atoms with van der Waals surface area (Å²) in [5.41, 5.74) is 8.40. The first-order valence-electron chi connectivity index (χ1n) is 7.37. The third kappa shape index (κ3) is 3.26. The van der Waals surface area contributed by atoms with Gasteiger partial charge in [-0.05, 0) is 43.4 Å². The lowest BCUT2D eigenvalue weighted by molar-refractivity contribution is 0.342. The molecule has 1 saturated carbocycles. The van der Waals surface area contributed by atoms with E-state index in [0.29, 0.717) is 12.1 Å². The molecule has 20 heavy (non-hydrogen) atoms. The largest absolute Gasteiger partial charge is 0.328 e. The molecular formula is C16H22N4. The van der Waals surface area contributed by atoms with Gasteiger partial charge in [0.05, 0.1) is 6.33 Å². The van der Waals surface area contributed by atoms with Crippen LogP contribution in [0.2, 0.25) is 0 Å². The molecule has 0 amide bonds. The van der Waals surface area contributed by atoms with Crippen LogP contribution in [-0.4, -0.2) is 21.6 Å². The Morgan fingerprint density at radius 1 is 1.15 bits per heavy atom. The lowest BCUT2D eigenvalue weighted by Crippen LogP contribution is -2.37. The molecular weight excluding hydrogens is 248 g/mol. The summed E-state index contributed by atoms with van der Waals surface area (Å²) in [5, 5.41) is 3.64. The highest BCUT2D eigenvalue weighted by Gasteiger charge is 2.17. The number of nitrogens with two attached hydrogens (primary N) is 1. The Hall–Kier alpha value is -1.65. The molecule has 0 aliphatic heterocycles. The summed E-state index contributed by atoms with van der Waals surface area (Å²) in [6.45, 7) is 0.935. The maximum absolute atomic E-state index is 5.93. The van der Waals surface area contributed by atoms with Crippen molar-refractivity contribution in [3.63, 3.8) is 0 Å². The van der Waals surface area contributed by atoms with Gasteiger partial charge in [-0.2, -0.15) is 0 Å². The molecule has 0 radical (unpaired) electrons. The van der Waals surface area contributed by atoms with E-state index in [-0.39, 0.29) is 0 Å². The van der Waals surface area contributed by atoms with Crippen LogP contribution in [0.3, 0.4) is 0 Å². The molecule has 1 aromatic heterocycles. The fourth-order valence-electron chi connectivity index (χ4n) is 2.78. The molecule has 0 bridgehead atoms. The van der Waals surface area contributed by atoms with Gasteiger partial charge in [-0.3, -0.25) is 0 Å². The van der Waals surface area contributed by atoms with E-state index in [1.165, 1.54) is 18.4 Å². The molecule has 1 aliphatic carbocycles. The summed E-state index contributed by atoms with van der Waals surface area (Å²) in [6, 6.07) is 9.67. The molecule has 2 aromatic rings. The van der Waals surface area contributed by atoms with Gasteiger partial charge in [-0.25, -0.2) is 4.98 Å². The van der Waals surface area contributed by atoms with Crippen LogP contribution in [0.4, 0.5) is 0 Å². The Balaban J connectivity index is 1.53.